The van der Waals surface area contributed by atoms with Crippen molar-refractivity contribution >= 4 is 39.2 Å². The van der Waals surface area contributed by atoms with Crippen LogP contribution in [0.4, 0.5) is 0 Å². The van der Waals surface area contributed by atoms with Crippen LogP contribution in [0.15, 0.2) is 23.1 Å². The number of hydrogen-bond acceptors (Lipinski definition) is 5. The standard InChI is InChI=1S/C17H21Cl2NO5S/c18-13-3-4-15(19)16(10-13)26(22,23)20-7-5-12(6-8-20)17(21)25-11-14-2-1-9-24-14/h3-4,10,12,14H,1-2,5-9,11H2/t14-/m0/s1. The largest absolute Gasteiger partial charge is 0.463 e. The topological polar surface area (TPSA) is 72.9 Å². The molecule has 0 radical (unpaired) electrons. The summed E-state index contributed by atoms with van der Waals surface area (Å²) in [6.45, 7) is 1.47. The van der Waals surface area contributed by atoms with Crippen LogP contribution in [0.5, 0.6) is 0 Å². The predicted octanol–water partition coefficient (Wildman–Crippen LogP) is 3.12. The fourth-order valence-corrected chi connectivity index (χ4v) is 5.42. The highest BCUT2D eigenvalue weighted by Gasteiger charge is 2.34. The van der Waals surface area contributed by atoms with Gasteiger partial charge in [-0.3, -0.25) is 4.79 Å². The van der Waals surface area contributed by atoms with Crippen molar-refractivity contribution < 1.29 is 22.7 Å². The van der Waals surface area contributed by atoms with Crippen LogP contribution in [0, 0.1) is 5.92 Å². The molecule has 144 valence electrons. The molecule has 0 amide bonds. The second kappa shape index (κ2) is 8.44. The maximum atomic E-state index is 12.8. The summed E-state index contributed by atoms with van der Waals surface area (Å²) in [4.78, 5) is 12.2. The SMILES string of the molecule is O=C(OC[C@@H]1CCCO1)C1CCN(S(=O)(=O)c2cc(Cl)ccc2Cl)CC1. The van der Waals surface area contributed by atoms with Gasteiger partial charge in [-0.1, -0.05) is 23.2 Å². The molecule has 2 saturated heterocycles. The molecule has 0 N–H and O–H groups in total. The first-order valence-electron chi connectivity index (χ1n) is 8.61. The molecule has 2 aliphatic rings. The van der Waals surface area contributed by atoms with Gasteiger partial charge < -0.3 is 9.47 Å². The summed E-state index contributed by atoms with van der Waals surface area (Å²) >= 11 is 11.9. The minimum atomic E-state index is -3.74. The van der Waals surface area contributed by atoms with E-state index in [9.17, 15) is 13.2 Å². The van der Waals surface area contributed by atoms with Gasteiger partial charge in [-0.05, 0) is 43.9 Å². The number of esters is 1. The van der Waals surface area contributed by atoms with Crippen LogP contribution in [0.3, 0.4) is 0 Å². The Morgan fingerprint density at radius 1 is 1.23 bits per heavy atom. The first kappa shape index (κ1) is 19.9. The van der Waals surface area contributed by atoms with Crippen LogP contribution in [0.25, 0.3) is 0 Å². The molecule has 0 bridgehead atoms. The molecule has 2 fully saturated rings. The summed E-state index contributed by atoms with van der Waals surface area (Å²) in [5, 5.41) is 0.438. The van der Waals surface area contributed by atoms with Crippen molar-refractivity contribution in [3.8, 4) is 0 Å². The number of hydrogen-bond donors (Lipinski definition) is 0. The maximum Gasteiger partial charge on any atom is 0.309 e. The molecule has 0 saturated carbocycles. The van der Waals surface area contributed by atoms with Crippen LogP contribution < -0.4 is 0 Å². The molecule has 2 aliphatic heterocycles. The van der Waals surface area contributed by atoms with E-state index in [-0.39, 0.29) is 47.6 Å². The number of piperidine rings is 1. The third-order valence-corrected chi connectivity index (χ3v) is 7.35. The number of ether oxygens (including phenoxy) is 2. The Morgan fingerprint density at radius 2 is 1.96 bits per heavy atom. The van der Waals surface area contributed by atoms with Gasteiger partial charge in [-0.2, -0.15) is 4.31 Å². The van der Waals surface area contributed by atoms with Crippen molar-refractivity contribution in [2.45, 2.75) is 36.7 Å². The lowest BCUT2D eigenvalue weighted by Gasteiger charge is -2.30. The lowest BCUT2D eigenvalue weighted by Crippen LogP contribution is -2.41. The number of rotatable bonds is 5. The molecule has 1 atom stereocenters. The van der Waals surface area contributed by atoms with Gasteiger partial charge in [0.2, 0.25) is 10.0 Å². The molecule has 0 aromatic heterocycles. The molecule has 26 heavy (non-hydrogen) atoms. The highest BCUT2D eigenvalue weighted by atomic mass is 35.5. The smallest absolute Gasteiger partial charge is 0.309 e. The summed E-state index contributed by atoms with van der Waals surface area (Å²) in [5.41, 5.74) is 0. The van der Waals surface area contributed by atoms with Crippen molar-refractivity contribution in [1.29, 1.82) is 0 Å². The first-order chi connectivity index (χ1) is 12.4. The molecule has 3 rings (SSSR count). The molecule has 0 aliphatic carbocycles. The van der Waals surface area contributed by atoms with E-state index in [1.165, 1.54) is 16.4 Å². The quantitative estimate of drug-likeness (QED) is 0.682. The zero-order chi connectivity index (χ0) is 18.7. The zero-order valence-electron chi connectivity index (χ0n) is 14.2. The number of halogens is 2. The van der Waals surface area contributed by atoms with Crippen LogP contribution in [-0.2, 0) is 24.3 Å². The van der Waals surface area contributed by atoms with E-state index in [4.69, 9.17) is 32.7 Å². The summed E-state index contributed by atoms with van der Waals surface area (Å²) in [6, 6.07) is 4.35. The van der Waals surface area contributed by atoms with Gasteiger partial charge >= 0.3 is 5.97 Å². The molecule has 0 unspecified atom stereocenters. The third-order valence-electron chi connectivity index (χ3n) is 4.73. The van der Waals surface area contributed by atoms with E-state index in [0.717, 1.165) is 12.8 Å². The Hall–Kier alpha value is -0.860. The van der Waals surface area contributed by atoms with Gasteiger partial charge in [0.15, 0.2) is 0 Å². The van der Waals surface area contributed by atoms with Crippen molar-refractivity contribution in [1.82, 2.24) is 4.31 Å². The Labute approximate surface area is 163 Å². The summed E-state index contributed by atoms with van der Waals surface area (Å²) < 4.78 is 37.7. The average Bonchev–Trinajstić information content (AvgIpc) is 3.15. The maximum absolute atomic E-state index is 12.8. The molecule has 1 aromatic rings. The Balaban J connectivity index is 1.57. The van der Waals surface area contributed by atoms with Crippen molar-refractivity contribution in [2.75, 3.05) is 26.3 Å². The minimum absolute atomic E-state index is 0.00826. The average molecular weight is 422 g/mol. The molecule has 1 aromatic carbocycles. The molecule has 9 heteroatoms. The van der Waals surface area contributed by atoms with Crippen molar-refractivity contribution in [3.05, 3.63) is 28.2 Å². The second-order valence-electron chi connectivity index (χ2n) is 6.52. The Morgan fingerprint density at radius 3 is 2.62 bits per heavy atom. The lowest BCUT2D eigenvalue weighted by molar-refractivity contribution is -0.153. The van der Waals surface area contributed by atoms with E-state index < -0.39 is 10.0 Å². The third kappa shape index (κ3) is 4.51. The lowest BCUT2D eigenvalue weighted by atomic mass is 9.98. The Bertz CT molecular complexity index is 756. The molecule has 2 heterocycles. The minimum Gasteiger partial charge on any atom is -0.463 e. The van der Waals surface area contributed by atoms with E-state index >= 15 is 0 Å². The first-order valence-corrected chi connectivity index (χ1v) is 10.8. The number of nitrogens with zero attached hydrogens (tertiary/aromatic N) is 1. The van der Waals surface area contributed by atoms with Crippen molar-refractivity contribution in [3.63, 3.8) is 0 Å². The Kier molecular flexibility index (Phi) is 6.45. The molecule has 0 spiro atoms. The van der Waals surface area contributed by atoms with E-state index in [0.29, 0.717) is 24.5 Å². The second-order valence-corrected chi connectivity index (χ2v) is 9.27. The molecular formula is C17H21Cl2NO5S. The van der Waals surface area contributed by atoms with E-state index in [2.05, 4.69) is 0 Å². The number of carbonyl (C=O) groups excluding carboxylic acids is 1. The number of carbonyl (C=O) groups is 1. The molecular weight excluding hydrogens is 401 g/mol. The van der Waals surface area contributed by atoms with Crippen LogP contribution in [0.1, 0.15) is 25.7 Å². The van der Waals surface area contributed by atoms with Crippen molar-refractivity contribution in [2.24, 2.45) is 5.92 Å². The van der Waals surface area contributed by atoms with Crippen LogP contribution in [0.2, 0.25) is 10.0 Å². The van der Waals surface area contributed by atoms with Gasteiger partial charge in [0.1, 0.15) is 11.5 Å². The van der Waals surface area contributed by atoms with Gasteiger partial charge in [0.25, 0.3) is 0 Å². The number of sulfonamides is 1. The highest BCUT2D eigenvalue weighted by Crippen LogP contribution is 2.30. The fourth-order valence-electron chi connectivity index (χ4n) is 3.21. The highest BCUT2D eigenvalue weighted by molar-refractivity contribution is 7.89. The van der Waals surface area contributed by atoms with Gasteiger partial charge in [0.05, 0.1) is 17.0 Å². The zero-order valence-corrected chi connectivity index (χ0v) is 16.5. The van der Waals surface area contributed by atoms with Crippen LogP contribution in [-0.4, -0.2) is 51.1 Å². The van der Waals surface area contributed by atoms with Crippen LogP contribution >= 0.6 is 23.2 Å². The van der Waals surface area contributed by atoms with Gasteiger partial charge in [0, 0.05) is 24.7 Å². The van der Waals surface area contributed by atoms with Gasteiger partial charge in [-0.25, -0.2) is 8.42 Å². The normalized spacial score (nSPS) is 22.5. The summed E-state index contributed by atoms with van der Waals surface area (Å²) in [5.74, 6) is -0.573. The summed E-state index contributed by atoms with van der Waals surface area (Å²) in [7, 11) is -3.74. The summed E-state index contributed by atoms with van der Waals surface area (Å²) in [6.07, 6.45) is 2.72. The number of benzene rings is 1. The fraction of sp³-hybridized carbons (Fsp3) is 0.588. The monoisotopic (exact) mass is 421 g/mol. The van der Waals surface area contributed by atoms with Gasteiger partial charge in [-0.15, -0.1) is 0 Å². The van der Waals surface area contributed by atoms with E-state index in [1.807, 2.05) is 0 Å². The molecule has 6 nitrogen and oxygen atoms in total. The van der Waals surface area contributed by atoms with E-state index in [1.54, 1.807) is 6.07 Å². The predicted molar refractivity (Wildman–Crippen MR) is 97.9 cm³/mol.